The minimum atomic E-state index is -1.17. The van der Waals surface area contributed by atoms with Gasteiger partial charge in [-0.05, 0) is 42.5 Å². The normalized spacial score (nSPS) is 16.0. The van der Waals surface area contributed by atoms with Crippen molar-refractivity contribution in [3.8, 4) is 5.75 Å². The number of amides is 1. The Kier molecular flexibility index (Phi) is 4.92. The molecule has 1 aliphatic rings. The number of nitrogens with one attached hydrogen (secondary N) is 1. The number of aryl methyl sites for hydroxylation is 1. The van der Waals surface area contributed by atoms with Gasteiger partial charge in [0, 0.05) is 12.5 Å². The zero-order chi connectivity index (χ0) is 17.8. The summed E-state index contributed by atoms with van der Waals surface area (Å²) in [6.07, 6.45) is 5.34. The number of hydrogen-bond donors (Lipinski definition) is 2. The predicted octanol–water partition coefficient (Wildman–Crippen LogP) is 2.03. The number of carbonyl (C=O) groups is 2. The van der Waals surface area contributed by atoms with Crippen LogP contribution < -0.4 is 10.1 Å². The molecule has 1 heterocycles. The van der Waals surface area contributed by atoms with Crippen LogP contribution in [0.25, 0.3) is 0 Å². The van der Waals surface area contributed by atoms with Crippen LogP contribution in [0.5, 0.6) is 5.75 Å². The molecule has 1 unspecified atom stereocenters. The fourth-order valence-electron chi connectivity index (χ4n) is 3.09. The number of aromatic carboxylic acids is 1. The summed E-state index contributed by atoms with van der Waals surface area (Å²) in [6, 6.07) is 6.06. The second-order valence-electron chi connectivity index (χ2n) is 5.96. The van der Waals surface area contributed by atoms with Gasteiger partial charge in [0.15, 0.2) is 5.69 Å². The highest BCUT2D eigenvalue weighted by molar-refractivity contribution is 5.92. The van der Waals surface area contributed by atoms with Gasteiger partial charge in [-0.3, -0.25) is 4.79 Å². The zero-order valence-electron chi connectivity index (χ0n) is 13.9. The Hall–Kier alpha value is -2.96. The van der Waals surface area contributed by atoms with E-state index in [1.54, 1.807) is 7.11 Å². The molecule has 0 fully saturated rings. The van der Waals surface area contributed by atoms with Crippen LogP contribution in [-0.2, 0) is 6.42 Å². The van der Waals surface area contributed by atoms with E-state index in [1.807, 2.05) is 6.07 Å². The number of rotatable bonds is 5. The molecule has 0 aliphatic heterocycles. The summed E-state index contributed by atoms with van der Waals surface area (Å²) in [5.74, 6) is -0.444. The molecular weight excluding hydrogens is 322 g/mol. The lowest BCUT2D eigenvalue weighted by atomic mass is 9.82. The van der Waals surface area contributed by atoms with Gasteiger partial charge >= 0.3 is 5.97 Å². The molecule has 25 heavy (non-hydrogen) atoms. The van der Waals surface area contributed by atoms with Gasteiger partial charge in [0.05, 0.1) is 19.5 Å². The van der Waals surface area contributed by atoms with Crippen molar-refractivity contribution in [3.63, 3.8) is 0 Å². The fourth-order valence-corrected chi connectivity index (χ4v) is 3.09. The highest BCUT2D eigenvalue weighted by atomic mass is 16.5. The zero-order valence-corrected chi connectivity index (χ0v) is 13.9. The number of hydrogen-bond acceptors (Lipinski definition) is 5. The van der Waals surface area contributed by atoms with E-state index in [4.69, 9.17) is 9.84 Å². The first-order valence-corrected chi connectivity index (χ1v) is 8.09. The Balaban J connectivity index is 1.66. The van der Waals surface area contributed by atoms with Gasteiger partial charge in [0.25, 0.3) is 5.91 Å². The van der Waals surface area contributed by atoms with Gasteiger partial charge in [-0.15, -0.1) is 0 Å². The van der Waals surface area contributed by atoms with Crippen LogP contribution in [0.1, 0.15) is 50.9 Å². The summed E-state index contributed by atoms with van der Waals surface area (Å²) >= 11 is 0. The standard InChI is InChI=1S/C18H19N3O4/c1-25-13-5-6-14-11(7-13)3-2-4-12(14)8-21-17(22)15-9-20-16(10-19-15)18(23)24/h5-7,9-10,12H,2-4,8H2,1H3,(H,21,22)(H,23,24). The van der Waals surface area contributed by atoms with Crippen molar-refractivity contribution in [2.24, 2.45) is 0 Å². The monoisotopic (exact) mass is 341 g/mol. The Morgan fingerprint density at radius 1 is 1.28 bits per heavy atom. The van der Waals surface area contributed by atoms with Crippen molar-refractivity contribution in [2.45, 2.75) is 25.2 Å². The molecule has 7 nitrogen and oxygen atoms in total. The lowest BCUT2D eigenvalue weighted by Crippen LogP contribution is -2.30. The summed E-state index contributed by atoms with van der Waals surface area (Å²) in [4.78, 5) is 30.5. The topological polar surface area (TPSA) is 101 Å². The minimum absolute atomic E-state index is 0.107. The third kappa shape index (κ3) is 3.76. The van der Waals surface area contributed by atoms with Crippen LogP contribution >= 0.6 is 0 Å². The van der Waals surface area contributed by atoms with Crippen molar-refractivity contribution in [1.82, 2.24) is 15.3 Å². The number of benzene rings is 1. The van der Waals surface area contributed by atoms with Gasteiger partial charge in [-0.1, -0.05) is 6.07 Å². The van der Waals surface area contributed by atoms with E-state index in [0.29, 0.717) is 6.54 Å². The molecule has 1 atom stereocenters. The SMILES string of the molecule is COc1ccc2c(c1)CCCC2CNC(=O)c1cnc(C(=O)O)cn1. The smallest absolute Gasteiger partial charge is 0.356 e. The predicted molar refractivity (Wildman–Crippen MR) is 90.0 cm³/mol. The maximum atomic E-state index is 12.2. The number of ether oxygens (including phenoxy) is 1. The van der Waals surface area contributed by atoms with Crippen LogP contribution in [0.2, 0.25) is 0 Å². The Morgan fingerprint density at radius 2 is 2.04 bits per heavy atom. The summed E-state index contributed by atoms with van der Waals surface area (Å²) in [6.45, 7) is 0.501. The van der Waals surface area contributed by atoms with E-state index in [0.717, 1.165) is 31.2 Å². The van der Waals surface area contributed by atoms with E-state index in [-0.39, 0.29) is 23.2 Å². The first-order valence-electron chi connectivity index (χ1n) is 8.09. The number of aromatic nitrogens is 2. The van der Waals surface area contributed by atoms with E-state index in [1.165, 1.54) is 17.3 Å². The van der Waals surface area contributed by atoms with E-state index in [2.05, 4.69) is 27.4 Å². The number of carbonyl (C=O) groups excluding carboxylic acids is 1. The van der Waals surface area contributed by atoms with Gasteiger partial charge < -0.3 is 15.2 Å². The largest absolute Gasteiger partial charge is 0.497 e. The summed E-state index contributed by atoms with van der Waals surface area (Å²) in [7, 11) is 1.65. The fraction of sp³-hybridized carbons (Fsp3) is 0.333. The summed E-state index contributed by atoms with van der Waals surface area (Å²) in [5.41, 5.74) is 2.41. The molecule has 2 aromatic rings. The van der Waals surface area contributed by atoms with Crippen LogP contribution in [0, 0.1) is 0 Å². The third-order valence-corrected chi connectivity index (χ3v) is 4.40. The van der Waals surface area contributed by atoms with Crippen molar-refractivity contribution in [2.75, 3.05) is 13.7 Å². The number of carboxylic acid groups (broad SMARTS) is 1. The highest BCUT2D eigenvalue weighted by Gasteiger charge is 2.21. The van der Waals surface area contributed by atoms with Gasteiger partial charge in [0.1, 0.15) is 11.4 Å². The van der Waals surface area contributed by atoms with Crippen molar-refractivity contribution < 1.29 is 19.4 Å². The number of fused-ring (bicyclic) bond motifs is 1. The molecule has 1 amide bonds. The van der Waals surface area contributed by atoms with Crippen molar-refractivity contribution in [3.05, 3.63) is 53.1 Å². The molecule has 1 aliphatic carbocycles. The van der Waals surface area contributed by atoms with Gasteiger partial charge in [-0.25, -0.2) is 14.8 Å². The first kappa shape index (κ1) is 16.9. The Morgan fingerprint density at radius 3 is 2.72 bits per heavy atom. The molecule has 0 radical (unpaired) electrons. The summed E-state index contributed by atoms with van der Waals surface area (Å²) in [5, 5.41) is 11.7. The molecule has 7 heteroatoms. The first-order chi connectivity index (χ1) is 12.1. The maximum Gasteiger partial charge on any atom is 0.356 e. The average molecular weight is 341 g/mol. The Labute approximate surface area is 145 Å². The molecule has 0 saturated heterocycles. The molecule has 1 aromatic heterocycles. The van der Waals surface area contributed by atoms with E-state index >= 15 is 0 Å². The molecule has 0 bridgehead atoms. The van der Waals surface area contributed by atoms with Gasteiger partial charge in [-0.2, -0.15) is 0 Å². The molecule has 0 spiro atoms. The van der Waals surface area contributed by atoms with Crippen molar-refractivity contribution in [1.29, 1.82) is 0 Å². The third-order valence-electron chi connectivity index (χ3n) is 4.40. The van der Waals surface area contributed by atoms with Crippen molar-refractivity contribution >= 4 is 11.9 Å². The van der Waals surface area contributed by atoms with Gasteiger partial charge in [0.2, 0.25) is 0 Å². The molecule has 0 saturated carbocycles. The number of carboxylic acids is 1. The second kappa shape index (κ2) is 7.29. The van der Waals surface area contributed by atoms with Crippen LogP contribution in [0.4, 0.5) is 0 Å². The quantitative estimate of drug-likeness (QED) is 0.863. The average Bonchev–Trinajstić information content (AvgIpc) is 2.65. The maximum absolute atomic E-state index is 12.2. The second-order valence-corrected chi connectivity index (χ2v) is 5.96. The lowest BCUT2D eigenvalue weighted by molar-refractivity contribution is 0.0689. The van der Waals surface area contributed by atoms with Crippen LogP contribution in [0.3, 0.4) is 0 Å². The number of nitrogens with zero attached hydrogens (tertiary/aromatic N) is 2. The van der Waals surface area contributed by atoms with E-state index in [9.17, 15) is 9.59 Å². The molecule has 3 rings (SSSR count). The van der Waals surface area contributed by atoms with Crippen LogP contribution in [-0.4, -0.2) is 40.6 Å². The summed E-state index contributed by atoms with van der Waals surface area (Å²) < 4.78 is 5.27. The number of methoxy groups -OCH3 is 1. The Bertz CT molecular complexity index is 789. The molecular formula is C18H19N3O4. The van der Waals surface area contributed by atoms with E-state index < -0.39 is 5.97 Å². The molecule has 2 N–H and O–H groups in total. The lowest BCUT2D eigenvalue weighted by Gasteiger charge is -2.26. The van der Waals surface area contributed by atoms with Crippen LogP contribution in [0.15, 0.2) is 30.6 Å². The minimum Gasteiger partial charge on any atom is -0.497 e. The molecule has 130 valence electrons. The molecule has 1 aromatic carbocycles. The highest BCUT2D eigenvalue weighted by Crippen LogP contribution is 2.33.